The SMILES string of the molecule is CCCCCCCCCCCCCCCCCC(=O)O[C@H](COC(=O)CCCCCCCCC(C)C)COP(=O)(O)OC[C@H](O)COP(=O)(O)OC[C@@H](COC(=O)CCCCCCCCCCCCCCCCC(C)C)OC(=O)CCCCCCCCCCCCCCCCCCC(C)C. The summed E-state index contributed by atoms with van der Waals surface area (Å²) in [6.07, 6.45) is 59.8. The van der Waals surface area contributed by atoms with Gasteiger partial charge in [-0.25, -0.2) is 9.13 Å². The van der Waals surface area contributed by atoms with E-state index in [9.17, 15) is 43.2 Å². The Bertz CT molecular complexity index is 1940. The molecule has 0 aliphatic carbocycles. The van der Waals surface area contributed by atoms with Crippen molar-refractivity contribution < 1.29 is 80.2 Å². The summed E-state index contributed by atoms with van der Waals surface area (Å²) < 4.78 is 68.7. The zero-order valence-corrected chi connectivity index (χ0v) is 67.5. The summed E-state index contributed by atoms with van der Waals surface area (Å²) in [6.45, 7) is 11.9. The summed E-state index contributed by atoms with van der Waals surface area (Å²) in [6, 6.07) is 0. The van der Waals surface area contributed by atoms with Crippen LogP contribution < -0.4 is 0 Å². The minimum atomic E-state index is -4.96. The molecule has 0 saturated carbocycles. The van der Waals surface area contributed by atoms with Gasteiger partial charge < -0.3 is 33.8 Å². The van der Waals surface area contributed by atoms with Gasteiger partial charge in [0.1, 0.15) is 19.3 Å². The van der Waals surface area contributed by atoms with Crippen LogP contribution in [0.4, 0.5) is 0 Å². The molecule has 0 aromatic carbocycles. The van der Waals surface area contributed by atoms with Crippen molar-refractivity contribution in [3.05, 3.63) is 0 Å². The molecule has 0 amide bonds. The molecule has 0 bridgehead atoms. The molecule has 0 aliphatic rings. The molecule has 0 radical (unpaired) electrons. The molecule has 594 valence electrons. The fraction of sp³-hybridized carbons (Fsp3) is 0.951. The summed E-state index contributed by atoms with van der Waals surface area (Å²) in [4.78, 5) is 73.0. The molecule has 0 aliphatic heterocycles. The number of carbonyl (C=O) groups excluding carboxylic acids is 4. The predicted molar refractivity (Wildman–Crippen MR) is 409 cm³/mol. The van der Waals surface area contributed by atoms with Crippen molar-refractivity contribution in [1.82, 2.24) is 0 Å². The Morgan fingerprint density at radius 3 is 0.680 bits per heavy atom. The largest absolute Gasteiger partial charge is 0.472 e. The molecule has 0 rings (SSSR count). The third kappa shape index (κ3) is 74.3. The maximum atomic E-state index is 13.1. The molecule has 0 aromatic rings. The number of hydrogen-bond acceptors (Lipinski definition) is 15. The predicted octanol–water partition coefficient (Wildman–Crippen LogP) is 24.1. The average Bonchev–Trinajstić information content (AvgIpc) is 0.956. The molecular weight excluding hydrogens is 1310 g/mol. The quantitative estimate of drug-likeness (QED) is 0.0222. The van der Waals surface area contributed by atoms with E-state index in [0.717, 1.165) is 108 Å². The first-order valence-corrected chi connectivity index (χ1v) is 44.8. The number of esters is 4. The van der Waals surface area contributed by atoms with Crippen LogP contribution in [0.15, 0.2) is 0 Å². The van der Waals surface area contributed by atoms with Crippen molar-refractivity contribution in [2.75, 3.05) is 39.6 Å². The Labute approximate surface area is 613 Å². The lowest BCUT2D eigenvalue weighted by atomic mass is 10.0. The molecule has 0 spiro atoms. The van der Waals surface area contributed by atoms with Crippen LogP contribution in [0.3, 0.4) is 0 Å². The van der Waals surface area contributed by atoms with Crippen molar-refractivity contribution >= 4 is 39.5 Å². The topological polar surface area (TPSA) is 237 Å². The first-order chi connectivity index (χ1) is 48.2. The van der Waals surface area contributed by atoms with Gasteiger partial charge in [0, 0.05) is 25.7 Å². The van der Waals surface area contributed by atoms with Gasteiger partial charge in [-0.1, -0.05) is 370 Å². The standard InChI is InChI=1S/C81H158O17P2/c1-8-9-10-11-12-13-14-15-18-26-31-36-41-50-57-65-81(86)98-77(69-92-79(84)63-56-49-44-43-47-54-61-74(6)7)71-96-100(89,90)94-67-75(82)66-93-99(87,88)95-70-76(68-91-78(83)62-55-48-40-35-30-25-22-21-24-29-34-39-46-53-60-73(4)5)97-80(85)64-58-51-42-37-32-27-20-17-16-19-23-28-33-38-45-52-59-72(2)3/h72-77,82H,8-71H2,1-7H3,(H,87,88)(H,89,90)/t75-,76-,77-/m1/s1. The van der Waals surface area contributed by atoms with E-state index in [1.54, 1.807) is 0 Å². The van der Waals surface area contributed by atoms with Crippen molar-refractivity contribution in [3.63, 3.8) is 0 Å². The van der Waals surface area contributed by atoms with Crippen molar-refractivity contribution in [2.24, 2.45) is 17.8 Å². The average molecular weight is 1470 g/mol. The van der Waals surface area contributed by atoms with Crippen molar-refractivity contribution in [1.29, 1.82) is 0 Å². The fourth-order valence-electron chi connectivity index (χ4n) is 12.5. The van der Waals surface area contributed by atoms with E-state index < -0.39 is 97.5 Å². The van der Waals surface area contributed by atoms with E-state index in [4.69, 9.17) is 37.0 Å². The molecule has 0 saturated heterocycles. The second-order valence-electron chi connectivity index (χ2n) is 30.6. The third-order valence-electron chi connectivity index (χ3n) is 18.9. The highest BCUT2D eigenvalue weighted by Crippen LogP contribution is 2.45. The third-order valence-corrected chi connectivity index (χ3v) is 20.8. The van der Waals surface area contributed by atoms with Crippen LogP contribution in [0.25, 0.3) is 0 Å². The maximum absolute atomic E-state index is 13.1. The van der Waals surface area contributed by atoms with Gasteiger partial charge in [0.15, 0.2) is 12.2 Å². The number of rotatable bonds is 79. The van der Waals surface area contributed by atoms with Gasteiger partial charge in [0.05, 0.1) is 26.4 Å². The number of phosphoric acid groups is 2. The van der Waals surface area contributed by atoms with E-state index in [1.807, 2.05) is 0 Å². The number of ether oxygens (including phenoxy) is 4. The number of hydrogen-bond donors (Lipinski definition) is 3. The molecule has 5 atom stereocenters. The molecule has 2 unspecified atom stereocenters. The van der Waals surface area contributed by atoms with Gasteiger partial charge in [-0.15, -0.1) is 0 Å². The highest BCUT2D eigenvalue weighted by molar-refractivity contribution is 7.47. The number of aliphatic hydroxyl groups excluding tert-OH is 1. The molecule has 3 N–H and O–H groups in total. The Morgan fingerprint density at radius 1 is 0.270 bits per heavy atom. The van der Waals surface area contributed by atoms with E-state index in [1.165, 1.54) is 225 Å². The Balaban J connectivity index is 5.23. The lowest BCUT2D eigenvalue weighted by Gasteiger charge is -2.21. The van der Waals surface area contributed by atoms with E-state index in [-0.39, 0.29) is 25.7 Å². The molecule has 19 heteroatoms. The number of unbranched alkanes of at least 4 members (excludes halogenated alkanes) is 47. The van der Waals surface area contributed by atoms with Crippen LogP contribution in [0.2, 0.25) is 0 Å². The highest BCUT2D eigenvalue weighted by Gasteiger charge is 2.30. The van der Waals surface area contributed by atoms with E-state index in [2.05, 4.69) is 48.5 Å². The molecule has 0 heterocycles. The molecule has 100 heavy (non-hydrogen) atoms. The molecule has 0 fully saturated rings. The van der Waals surface area contributed by atoms with Gasteiger partial charge in [-0.05, 0) is 43.4 Å². The summed E-state index contributed by atoms with van der Waals surface area (Å²) >= 11 is 0. The van der Waals surface area contributed by atoms with Crippen molar-refractivity contribution in [2.45, 2.75) is 439 Å². The number of phosphoric ester groups is 2. The summed E-state index contributed by atoms with van der Waals surface area (Å²) in [5, 5.41) is 10.6. The lowest BCUT2D eigenvalue weighted by molar-refractivity contribution is -0.161. The first kappa shape index (κ1) is 98.1. The van der Waals surface area contributed by atoms with Gasteiger partial charge in [0.25, 0.3) is 0 Å². The Kier molecular flexibility index (Phi) is 69.9. The minimum Gasteiger partial charge on any atom is -0.462 e. The first-order valence-electron chi connectivity index (χ1n) is 41.8. The van der Waals surface area contributed by atoms with Crippen LogP contribution in [0.1, 0.15) is 421 Å². The molecule has 0 aromatic heterocycles. The number of aliphatic hydroxyl groups is 1. The van der Waals surface area contributed by atoms with Crippen molar-refractivity contribution in [3.8, 4) is 0 Å². The number of carbonyl (C=O) groups is 4. The zero-order valence-electron chi connectivity index (χ0n) is 65.7. The van der Waals surface area contributed by atoms with Gasteiger partial charge in [0.2, 0.25) is 0 Å². The normalized spacial score (nSPS) is 14.0. The molecule has 17 nitrogen and oxygen atoms in total. The fourth-order valence-corrected chi connectivity index (χ4v) is 14.1. The minimum absolute atomic E-state index is 0.107. The van der Waals surface area contributed by atoms with E-state index in [0.29, 0.717) is 31.6 Å². The smallest absolute Gasteiger partial charge is 0.462 e. The highest BCUT2D eigenvalue weighted by atomic mass is 31.2. The second-order valence-corrected chi connectivity index (χ2v) is 33.5. The van der Waals surface area contributed by atoms with Gasteiger partial charge >= 0.3 is 39.5 Å². The van der Waals surface area contributed by atoms with Crippen LogP contribution in [0, 0.1) is 17.8 Å². The van der Waals surface area contributed by atoms with Crippen LogP contribution in [-0.4, -0.2) is 96.7 Å². The van der Waals surface area contributed by atoms with Crippen LogP contribution in [0.5, 0.6) is 0 Å². The Morgan fingerprint density at radius 2 is 0.460 bits per heavy atom. The molecular formula is C81H158O17P2. The van der Waals surface area contributed by atoms with Gasteiger partial charge in [-0.3, -0.25) is 37.3 Å². The summed E-state index contributed by atoms with van der Waals surface area (Å²) in [7, 11) is -9.92. The monoisotopic (exact) mass is 1470 g/mol. The summed E-state index contributed by atoms with van der Waals surface area (Å²) in [5.74, 6) is 0.176. The second kappa shape index (κ2) is 71.3. The van der Waals surface area contributed by atoms with E-state index >= 15 is 0 Å². The summed E-state index contributed by atoms with van der Waals surface area (Å²) in [5.41, 5.74) is 0. The van der Waals surface area contributed by atoms with Gasteiger partial charge in [-0.2, -0.15) is 0 Å². The Hall–Kier alpha value is -1.94. The van der Waals surface area contributed by atoms with Crippen LogP contribution >= 0.6 is 15.6 Å². The lowest BCUT2D eigenvalue weighted by Crippen LogP contribution is -2.30. The zero-order chi connectivity index (χ0) is 73.7. The maximum Gasteiger partial charge on any atom is 0.472 e. The van der Waals surface area contributed by atoms with Crippen LogP contribution in [-0.2, 0) is 65.4 Å².